The Morgan fingerprint density at radius 1 is 1.42 bits per heavy atom. The van der Waals surface area contributed by atoms with Crippen molar-refractivity contribution >= 4 is 39.2 Å². The molecule has 0 aromatic carbocycles. The molecule has 12 heavy (non-hydrogen) atoms. The van der Waals surface area contributed by atoms with E-state index < -0.39 is 18.0 Å². The van der Waals surface area contributed by atoms with Crippen molar-refractivity contribution in [2.45, 2.75) is 18.9 Å². The number of rotatable bonds is 4. The third kappa shape index (κ3) is 10.8. The molecule has 0 aliphatic heterocycles. The summed E-state index contributed by atoms with van der Waals surface area (Å²) in [4.78, 5) is 19.9. The van der Waals surface area contributed by atoms with Gasteiger partial charge in [0, 0.05) is 6.42 Å². The number of nitrogens with two attached hydrogens (primary N) is 1. The summed E-state index contributed by atoms with van der Waals surface area (Å²) in [5, 5.41) is 16.3. The van der Waals surface area contributed by atoms with Gasteiger partial charge in [-0.15, -0.1) is 0 Å². The summed E-state index contributed by atoms with van der Waals surface area (Å²) >= 11 is 0. The van der Waals surface area contributed by atoms with Gasteiger partial charge in [0.05, 0.1) is 0 Å². The quantitative estimate of drug-likeness (QED) is 0.427. The van der Waals surface area contributed by atoms with Crippen molar-refractivity contribution < 1.29 is 50.8 Å². The molecule has 5 nitrogen and oxygen atoms in total. The van der Waals surface area contributed by atoms with Crippen LogP contribution in [0, 0.1) is 0 Å². The van der Waals surface area contributed by atoms with Crippen molar-refractivity contribution in [2.24, 2.45) is 5.73 Å². The molecule has 0 bridgehead atoms. The maximum atomic E-state index is 9.99. The molecule has 0 amide bonds. The van der Waals surface area contributed by atoms with E-state index in [2.05, 4.69) is 0 Å². The fourth-order valence-electron chi connectivity index (χ4n) is 0.402. The van der Waals surface area contributed by atoms with Crippen LogP contribution in [0.4, 0.5) is 0 Å². The third-order valence-electron chi connectivity index (χ3n) is 0.986. The Kier molecular flexibility index (Phi) is 15.3. The molecular formula is C5H12NNaO4Pb. The van der Waals surface area contributed by atoms with Gasteiger partial charge in [0.25, 0.3) is 0 Å². The molecule has 0 aromatic heterocycles. The van der Waals surface area contributed by atoms with Gasteiger partial charge in [0.2, 0.25) is 0 Å². The topological polar surface area (TPSA) is 101 Å². The molecule has 0 aromatic rings. The Hall–Kier alpha value is 0.822. The van der Waals surface area contributed by atoms with E-state index in [1.807, 2.05) is 0 Å². The molecule has 0 aliphatic carbocycles. The second kappa shape index (κ2) is 9.91. The normalized spacial score (nSPS) is 10.4. The molecular weight excluding hydrogens is 368 g/mol. The van der Waals surface area contributed by atoms with Crippen LogP contribution in [-0.4, -0.2) is 55.5 Å². The first-order chi connectivity index (χ1) is 4.54. The van der Waals surface area contributed by atoms with E-state index in [1.54, 1.807) is 0 Å². The molecule has 0 saturated heterocycles. The minimum atomic E-state index is -1.17. The van der Waals surface area contributed by atoms with Crippen LogP contribution < -0.4 is 35.3 Å². The van der Waals surface area contributed by atoms with Crippen LogP contribution >= 0.6 is 0 Å². The average Bonchev–Trinajstić information content (AvgIpc) is 1.82. The van der Waals surface area contributed by atoms with Gasteiger partial charge >= 0.3 is 68.8 Å². The van der Waals surface area contributed by atoms with E-state index in [9.17, 15) is 9.59 Å². The van der Waals surface area contributed by atoms with E-state index in [0.29, 0.717) is 0 Å². The zero-order valence-corrected chi connectivity index (χ0v) is 14.5. The number of hydrogen-bond donors (Lipinski definition) is 3. The zero-order valence-electron chi connectivity index (χ0n) is 7.99. The Labute approximate surface area is 114 Å². The Morgan fingerprint density at radius 2 is 1.83 bits per heavy atom. The van der Waals surface area contributed by atoms with E-state index in [0.717, 1.165) is 0 Å². The predicted octanol–water partition coefficient (Wildman–Crippen LogP) is -4.54. The molecule has 66 valence electrons. The van der Waals surface area contributed by atoms with Gasteiger partial charge in [-0.2, -0.15) is 0 Å². The zero-order chi connectivity index (χ0) is 8.15. The molecule has 2 radical (unpaired) electrons. The van der Waals surface area contributed by atoms with Crippen LogP contribution in [0.25, 0.3) is 0 Å². The van der Waals surface area contributed by atoms with Gasteiger partial charge in [-0.05, 0) is 6.42 Å². The van der Waals surface area contributed by atoms with E-state index in [-0.39, 0.29) is 71.1 Å². The van der Waals surface area contributed by atoms with Crippen molar-refractivity contribution in [3.05, 3.63) is 0 Å². The average molecular weight is 380 g/mol. The Morgan fingerprint density at radius 3 is 2.08 bits per heavy atom. The molecule has 0 rings (SSSR count). The first kappa shape index (κ1) is 18.6. The molecule has 0 unspecified atom stereocenters. The predicted molar refractivity (Wildman–Crippen MR) is 42.1 cm³/mol. The number of hydrogen-bond acceptors (Lipinski definition) is 3. The molecule has 0 spiro atoms. The maximum absolute atomic E-state index is 9.99. The van der Waals surface area contributed by atoms with E-state index in [1.165, 1.54) is 0 Å². The van der Waals surface area contributed by atoms with Crippen molar-refractivity contribution in [3.63, 3.8) is 0 Å². The van der Waals surface area contributed by atoms with Crippen LogP contribution in [0.3, 0.4) is 0 Å². The monoisotopic (exact) mass is 381 g/mol. The van der Waals surface area contributed by atoms with E-state index in [4.69, 9.17) is 15.9 Å². The van der Waals surface area contributed by atoms with Gasteiger partial charge in [-0.25, -0.2) is 0 Å². The minimum absolute atomic E-state index is 0. The van der Waals surface area contributed by atoms with Crippen LogP contribution in [-0.2, 0) is 9.59 Å². The molecule has 0 heterocycles. The number of carboxylic acids is 2. The summed E-state index contributed by atoms with van der Waals surface area (Å²) in [5.74, 6) is -2.20. The van der Waals surface area contributed by atoms with Crippen LogP contribution in [0.5, 0.6) is 0 Å². The van der Waals surface area contributed by atoms with Gasteiger partial charge in [-0.3, -0.25) is 9.59 Å². The Bertz CT molecular complexity index is 159. The number of carboxylic acid groups (broad SMARTS) is 2. The molecule has 0 fully saturated rings. The summed E-state index contributed by atoms with van der Waals surface area (Å²) in [7, 11) is 0. The van der Waals surface area contributed by atoms with Gasteiger partial charge in [0.1, 0.15) is 6.04 Å². The second-order valence-electron chi connectivity index (χ2n) is 1.88. The summed E-state index contributed by atoms with van der Waals surface area (Å²) in [6.45, 7) is 0. The van der Waals surface area contributed by atoms with Crippen molar-refractivity contribution in [1.29, 1.82) is 0 Å². The van der Waals surface area contributed by atoms with Gasteiger partial charge in [0.15, 0.2) is 0 Å². The van der Waals surface area contributed by atoms with Crippen molar-refractivity contribution in [3.8, 4) is 0 Å². The fraction of sp³-hybridized carbons (Fsp3) is 0.600. The van der Waals surface area contributed by atoms with Crippen molar-refractivity contribution in [1.82, 2.24) is 0 Å². The van der Waals surface area contributed by atoms with Crippen molar-refractivity contribution in [2.75, 3.05) is 0 Å². The summed E-state index contributed by atoms with van der Waals surface area (Å²) in [5.41, 5.74) is 5.00. The molecule has 1 atom stereocenters. The first-order valence-electron chi connectivity index (χ1n) is 2.74. The number of carbonyl (C=O) groups is 2. The van der Waals surface area contributed by atoms with Gasteiger partial charge in [-0.1, -0.05) is 0 Å². The molecule has 4 N–H and O–H groups in total. The third-order valence-corrected chi connectivity index (χ3v) is 0.986. The summed E-state index contributed by atoms with van der Waals surface area (Å²) < 4.78 is 0. The molecule has 0 saturated carbocycles. The molecule has 0 aliphatic rings. The second-order valence-corrected chi connectivity index (χ2v) is 1.88. The first-order valence-corrected chi connectivity index (χ1v) is 2.74. The summed E-state index contributed by atoms with van der Waals surface area (Å²) in [6.07, 6.45) is -0.224. The van der Waals surface area contributed by atoms with Crippen LogP contribution in [0.2, 0.25) is 0 Å². The molecule has 7 heteroatoms. The van der Waals surface area contributed by atoms with E-state index >= 15 is 0 Å². The van der Waals surface area contributed by atoms with Crippen LogP contribution in [0.1, 0.15) is 14.3 Å². The van der Waals surface area contributed by atoms with Gasteiger partial charge < -0.3 is 17.4 Å². The fourth-order valence-corrected chi connectivity index (χ4v) is 0.402. The standard InChI is InChI=1S/C5H9NO4.Na.Pb.3H/c6-3(5(9)10)1-2-4(7)8;;;;;/h3H,1-2,6H2,(H,7,8)(H,9,10);;;;;/q;+1;;;;-1/t3-;;;;;/m0...../s1. The van der Waals surface area contributed by atoms with Crippen LogP contribution in [0.15, 0.2) is 0 Å². The SMILES string of the molecule is N[C@@H](CCC(=O)O)C(=O)O.[H-].[Na+].[PbH2]. The Balaban J connectivity index is -0.000000135. The summed E-state index contributed by atoms with van der Waals surface area (Å²) in [6, 6.07) is -1.06. The number of aliphatic carboxylic acids is 2.